The second-order valence-corrected chi connectivity index (χ2v) is 4.90. The largest absolute Gasteiger partial charge is 0.468 e. The van der Waals surface area contributed by atoms with E-state index in [9.17, 15) is 18.0 Å². The lowest BCUT2D eigenvalue weighted by molar-refractivity contribution is -0.137. The Bertz CT molecular complexity index is 506. The quantitative estimate of drug-likeness (QED) is 0.609. The van der Waals surface area contributed by atoms with Gasteiger partial charge in [0.2, 0.25) is 10.0 Å². The van der Waals surface area contributed by atoms with E-state index < -0.39 is 21.7 Å². The Morgan fingerprint density at radius 1 is 1.35 bits per heavy atom. The third-order valence-corrected chi connectivity index (χ3v) is 3.02. The lowest BCUT2D eigenvalue weighted by Crippen LogP contribution is -2.23. The maximum atomic E-state index is 11.4. The van der Waals surface area contributed by atoms with Gasteiger partial charge in [-0.05, 0) is 24.3 Å². The van der Waals surface area contributed by atoms with Crippen LogP contribution >= 0.6 is 0 Å². The van der Waals surface area contributed by atoms with Crippen LogP contribution in [0, 0.1) is 0 Å². The van der Waals surface area contributed by atoms with Crippen molar-refractivity contribution in [1.29, 1.82) is 0 Å². The summed E-state index contributed by atoms with van der Waals surface area (Å²) in [6.45, 7) is 0. The number of methoxy groups -OCH3 is 1. The molecular formula is C10H11NO5S. The van der Waals surface area contributed by atoms with Crippen molar-refractivity contribution >= 4 is 28.0 Å². The van der Waals surface area contributed by atoms with E-state index in [0.717, 1.165) is 7.11 Å². The van der Waals surface area contributed by atoms with Crippen LogP contribution in [0.2, 0.25) is 0 Å². The van der Waals surface area contributed by atoms with Crippen molar-refractivity contribution in [3.8, 4) is 0 Å². The number of carbonyl (C=O) groups is 2. The number of nitrogens with one attached hydrogen (secondary N) is 1. The first-order valence-electron chi connectivity index (χ1n) is 4.59. The van der Waals surface area contributed by atoms with Crippen LogP contribution in [0.3, 0.4) is 0 Å². The first-order valence-corrected chi connectivity index (χ1v) is 6.24. The first-order chi connectivity index (χ1) is 7.96. The molecule has 17 heavy (non-hydrogen) atoms. The average Bonchev–Trinajstić information content (AvgIpc) is 2.28. The summed E-state index contributed by atoms with van der Waals surface area (Å²) in [5.74, 6) is -1.60. The van der Waals surface area contributed by atoms with Gasteiger partial charge in [0.15, 0.2) is 5.75 Å². The van der Waals surface area contributed by atoms with Gasteiger partial charge in [0.05, 0.1) is 7.11 Å². The molecule has 0 aliphatic carbocycles. The zero-order valence-corrected chi connectivity index (χ0v) is 9.86. The topological polar surface area (TPSA) is 89.5 Å². The molecule has 0 aliphatic rings. The predicted octanol–water partition coefficient (Wildman–Crippen LogP) is 0.414. The van der Waals surface area contributed by atoms with E-state index in [2.05, 4.69) is 9.46 Å². The minimum Gasteiger partial charge on any atom is -0.468 e. The number of aldehydes is 1. The van der Waals surface area contributed by atoms with E-state index in [4.69, 9.17) is 0 Å². The first kappa shape index (κ1) is 13.2. The second kappa shape index (κ2) is 5.44. The van der Waals surface area contributed by atoms with Crippen molar-refractivity contribution in [2.75, 3.05) is 17.6 Å². The van der Waals surface area contributed by atoms with Gasteiger partial charge in [0.25, 0.3) is 0 Å². The number of hydrogen-bond donors (Lipinski definition) is 1. The van der Waals surface area contributed by atoms with Gasteiger partial charge >= 0.3 is 5.97 Å². The van der Waals surface area contributed by atoms with E-state index in [-0.39, 0.29) is 5.69 Å². The number of benzene rings is 1. The summed E-state index contributed by atoms with van der Waals surface area (Å²) >= 11 is 0. The van der Waals surface area contributed by atoms with Gasteiger partial charge in [0, 0.05) is 11.3 Å². The fourth-order valence-corrected chi connectivity index (χ4v) is 2.05. The Hall–Kier alpha value is -1.89. The predicted molar refractivity (Wildman–Crippen MR) is 61.3 cm³/mol. The molecule has 0 spiro atoms. The minimum absolute atomic E-state index is 0.277. The van der Waals surface area contributed by atoms with Crippen molar-refractivity contribution in [3.05, 3.63) is 29.8 Å². The fourth-order valence-electron chi connectivity index (χ4n) is 1.06. The molecule has 92 valence electrons. The fraction of sp³-hybridized carbons (Fsp3) is 0.200. The molecule has 0 radical (unpaired) electrons. The highest BCUT2D eigenvalue weighted by molar-refractivity contribution is 7.93. The molecule has 0 fully saturated rings. The molecule has 0 saturated carbocycles. The molecule has 0 unspecified atom stereocenters. The molecule has 1 N–H and O–H groups in total. The molecule has 0 saturated heterocycles. The minimum atomic E-state index is -3.78. The number of rotatable bonds is 5. The molecule has 0 aromatic heterocycles. The van der Waals surface area contributed by atoms with Crippen molar-refractivity contribution < 1.29 is 22.7 Å². The monoisotopic (exact) mass is 257 g/mol. The lowest BCUT2D eigenvalue weighted by Gasteiger charge is -2.06. The SMILES string of the molecule is COC(=O)CS(=O)(=O)Nc1ccc(C=O)cc1. The van der Waals surface area contributed by atoms with Gasteiger partial charge in [-0.3, -0.25) is 14.3 Å². The zero-order valence-electron chi connectivity index (χ0n) is 9.04. The zero-order chi connectivity index (χ0) is 12.9. The molecule has 1 aromatic rings. The summed E-state index contributed by atoms with van der Waals surface area (Å²) in [6.07, 6.45) is 0.646. The number of anilines is 1. The number of ether oxygens (including phenoxy) is 1. The number of esters is 1. The Kier molecular flexibility index (Phi) is 4.22. The van der Waals surface area contributed by atoms with Crippen LogP contribution in [0.25, 0.3) is 0 Å². The maximum Gasteiger partial charge on any atom is 0.322 e. The molecule has 0 bridgehead atoms. The average molecular weight is 257 g/mol. The Balaban J connectivity index is 2.76. The van der Waals surface area contributed by atoms with Crippen LogP contribution in [0.5, 0.6) is 0 Å². The Morgan fingerprint density at radius 2 is 1.94 bits per heavy atom. The van der Waals surface area contributed by atoms with Gasteiger partial charge in [-0.15, -0.1) is 0 Å². The van der Waals surface area contributed by atoms with Gasteiger partial charge in [-0.2, -0.15) is 0 Å². The van der Waals surface area contributed by atoms with Gasteiger partial charge in [-0.1, -0.05) is 0 Å². The Morgan fingerprint density at radius 3 is 2.41 bits per heavy atom. The highest BCUT2D eigenvalue weighted by Gasteiger charge is 2.16. The molecule has 0 amide bonds. The summed E-state index contributed by atoms with van der Waals surface area (Å²) < 4.78 is 29.3. The summed E-state index contributed by atoms with van der Waals surface area (Å²) in [7, 11) is -2.67. The van der Waals surface area contributed by atoms with E-state index in [1.807, 2.05) is 0 Å². The van der Waals surface area contributed by atoms with Crippen molar-refractivity contribution in [2.24, 2.45) is 0 Å². The molecule has 1 aromatic carbocycles. The highest BCUT2D eigenvalue weighted by Crippen LogP contribution is 2.10. The van der Waals surface area contributed by atoms with Crippen LogP contribution < -0.4 is 4.72 Å². The normalized spacial score (nSPS) is 10.6. The molecule has 0 aliphatic heterocycles. The highest BCUT2D eigenvalue weighted by atomic mass is 32.2. The van der Waals surface area contributed by atoms with E-state index in [1.165, 1.54) is 24.3 Å². The van der Waals surface area contributed by atoms with Crippen molar-refractivity contribution in [3.63, 3.8) is 0 Å². The molecular weight excluding hydrogens is 246 g/mol. The van der Waals surface area contributed by atoms with Crippen LogP contribution in [-0.4, -0.2) is 33.5 Å². The summed E-state index contributed by atoms with van der Waals surface area (Å²) in [4.78, 5) is 21.2. The summed E-state index contributed by atoms with van der Waals surface area (Å²) in [5.41, 5.74) is 0.709. The molecule has 1 rings (SSSR count). The maximum absolute atomic E-state index is 11.4. The molecule has 0 atom stereocenters. The van der Waals surface area contributed by atoms with Crippen LogP contribution in [0.15, 0.2) is 24.3 Å². The third-order valence-electron chi connectivity index (χ3n) is 1.86. The second-order valence-electron chi connectivity index (χ2n) is 3.18. The van der Waals surface area contributed by atoms with Gasteiger partial charge < -0.3 is 4.74 Å². The summed E-state index contributed by atoms with van der Waals surface area (Å²) in [6, 6.07) is 5.78. The number of sulfonamides is 1. The molecule has 6 nitrogen and oxygen atoms in total. The van der Waals surface area contributed by atoms with E-state index in [1.54, 1.807) is 0 Å². The van der Waals surface area contributed by atoms with Crippen LogP contribution in [-0.2, 0) is 19.6 Å². The summed E-state index contributed by atoms with van der Waals surface area (Å²) in [5, 5.41) is 0. The van der Waals surface area contributed by atoms with Crippen molar-refractivity contribution in [2.45, 2.75) is 0 Å². The molecule has 0 heterocycles. The number of carbonyl (C=O) groups excluding carboxylic acids is 2. The standard InChI is InChI=1S/C10H11NO5S/c1-16-10(13)7-17(14,15)11-9-4-2-8(6-12)3-5-9/h2-6,11H,7H2,1H3. The van der Waals surface area contributed by atoms with E-state index in [0.29, 0.717) is 11.8 Å². The van der Waals surface area contributed by atoms with Crippen LogP contribution in [0.4, 0.5) is 5.69 Å². The van der Waals surface area contributed by atoms with Gasteiger partial charge in [0.1, 0.15) is 6.29 Å². The van der Waals surface area contributed by atoms with Crippen molar-refractivity contribution in [1.82, 2.24) is 0 Å². The van der Waals surface area contributed by atoms with Crippen LogP contribution in [0.1, 0.15) is 10.4 Å². The lowest BCUT2D eigenvalue weighted by atomic mass is 10.2. The third kappa shape index (κ3) is 4.23. The number of hydrogen-bond acceptors (Lipinski definition) is 5. The molecule has 7 heteroatoms. The Labute approximate surface area is 98.6 Å². The smallest absolute Gasteiger partial charge is 0.322 e. The van der Waals surface area contributed by atoms with E-state index >= 15 is 0 Å². The van der Waals surface area contributed by atoms with Gasteiger partial charge in [-0.25, -0.2) is 8.42 Å².